The summed E-state index contributed by atoms with van der Waals surface area (Å²) < 4.78 is 0. The molecule has 0 unspecified atom stereocenters. The Morgan fingerprint density at radius 1 is 0.952 bits per heavy atom. The van der Waals surface area contributed by atoms with Crippen molar-refractivity contribution < 1.29 is 30.0 Å². The van der Waals surface area contributed by atoms with Gasteiger partial charge in [0.1, 0.15) is 0 Å². The maximum Gasteiger partial charge on any atom is 0.159 e. The number of aryl methyl sites for hydroxylation is 2. The Balaban J connectivity index is 0.000000249. The van der Waals surface area contributed by atoms with Crippen molar-refractivity contribution in [2.24, 2.45) is 29.6 Å². The van der Waals surface area contributed by atoms with Crippen molar-refractivity contribution in [1.82, 2.24) is 4.98 Å². The first-order valence-corrected chi connectivity index (χ1v) is 15.8. The van der Waals surface area contributed by atoms with Crippen LogP contribution in [-0.4, -0.2) is 15.9 Å². The number of benzene rings is 2. The largest absolute Gasteiger partial charge is 0.512 e. The molecule has 0 amide bonds. The molecule has 1 N–H and O–H groups in total. The molecule has 1 heterocycles. The van der Waals surface area contributed by atoms with Crippen LogP contribution in [0, 0.1) is 49.5 Å². The molecule has 4 saturated carbocycles. The van der Waals surface area contributed by atoms with Gasteiger partial charge in [0.05, 0.1) is 5.76 Å². The van der Waals surface area contributed by atoms with Crippen LogP contribution in [0.5, 0.6) is 0 Å². The van der Waals surface area contributed by atoms with Gasteiger partial charge in [0.2, 0.25) is 0 Å². The number of carbonyl (C=O) groups is 1. The molecular formula is C38H48IrNO2-. The first-order valence-electron chi connectivity index (χ1n) is 15.8. The standard InChI is InChI=1S/C27H28N.C11H20O2.Ir/c1-17-7-18(2)9-23(8-17)26-25-4-3-24(13-22(25)5-6-28-26)27-14-19-10-20(15-27)12-21(11-19)16-27;1-8(2)5-10(12)7-11(13)6-9(3)4;/h3-8,13,19-21H,10-12,14-16H2,1-2H3;7-9,12H,5-6H2,1-4H3;/q-1;;/b;10-7-;. The van der Waals surface area contributed by atoms with Gasteiger partial charge in [0.25, 0.3) is 0 Å². The molecule has 4 heteroatoms. The molecule has 4 fully saturated rings. The Morgan fingerprint density at radius 2 is 1.57 bits per heavy atom. The van der Waals surface area contributed by atoms with E-state index in [0.717, 1.165) is 29.0 Å². The number of aromatic nitrogens is 1. The van der Waals surface area contributed by atoms with Gasteiger partial charge in [-0.15, -0.1) is 34.9 Å². The second-order valence-electron chi connectivity index (χ2n) is 14.3. The predicted octanol–water partition coefficient (Wildman–Crippen LogP) is 9.87. The molecule has 3 nitrogen and oxygen atoms in total. The van der Waals surface area contributed by atoms with Crippen LogP contribution in [0.4, 0.5) is 0 Å². The molecule has 0 aliphatic heterocycles. The number of aliphatic hydroxyl groups is 1. The number of hydrogen-bond acceptors (Lipinski definition) is 3. The topological polar surface area (TPSA) is 50.2 Å². The Bertz CT molecular complexity index is 1380. The minimum Gasteiger partial charge on any atom is -0.512 e. The fourth-order valence-corrected chi connectivity index (χ4v) is 8.33. The molecule has 4 aliphatic carbocycles. The van der Waals surface area contributed by atoms with Gasteiger partial charge >= 0.3 is 0 Å². The normalized spacial score (nSPS) is 24.5. The van der Waals surface area contributed by atoms with Gasteiger partial charge in [0, 0.05) is 45.2 Å². The van der Waals surface area contributed by atoms with Gasteiger partial charge in [-0.05, 0) is 102 Å². The smallest absolute Gasteiger partial charge is 0.159 e. The zero-order valence-corrected chi connectivity index (χ0v) is 28.7. The molecule has 2 aromatic carbocycles. The van der Waals surface area contributed by atoms with E-state index >= 15 is 0 Å². The van der Waals surface area contributed by atoms with Crippen molar-refractivity contribution in [2.45, 2.75) is 98.3 Å². The van der Waals surface area contributed by atoms with Crippen LogP contribution in [0.15, 0.2) is 54.4 Å². The summed E-state index contributed by atoms with van der Waals surface area (Å²) in [5.74, 6) is 3.94. The van der Waals surface area contributed by atoms with E-state index in [4.69, 9.17) is 4.98 Å². The number of aliphatic hydroxyl groups excluding tert-OH is 1. The summed E-state index contributed by atoms with van der Waals surface area (Å²) in [4.78, 5) is 16.0. The minimum absolute atomic E-state index is 0. The zero-order chi connectivity index (χ0) is 29.3. The molecule has 4 bridgehead atoms. The molecule has 0 atom stereocenters. The Labute approximate surface area is 267 Å². The third kappa shape index (κ3) is 7.61. The third-order valence-electron chi connectivity index (χ3n) is 9.37. The molecular weight excluding hydrogens is 695 g/mol. The van der Waals surface area contributed by atoms with Crippen molar-refractivity contribution in [3.63, 3.8) is 0 Å². The summed E-state index contributed by atoms with van der Waals surface area (Å²) in [5.41, 5.74) is 6.69. The van der Waals surface area contributed by atoms with E-state index in [1.165, 1.54) is 66.5 Å². The Hall–Kier alpha value is -2.29. The van der Waals surface area contributed by atoms with E-state index < -0.39 is 0 Å². The number of ketones is 1. The number of allylic oxidation sites excluding steroid dienone is 2. The number of hydrogen-bond donors (Lipinski definition) is 1. The molecule has 227 valence electrons. The number of rotatable bonds is 7. The van der Waals surface area contributed by atoms with Crippen LogP contribution in [0.25, 0.3) is 22.0 Å². The van der Waals surface area contributed by atoms with Crippen LogP contribution >= 0.6 is 0 Å². The van der Waals surface area contributed by atoms with Crippen molar-refractivity contribution in [3.8, 4) is 11.3 Å². The molecule has 42 heavy (non-hydrogen) atoms. The van der Waals surface area contributed by atoms with Crippen molar-refractivity contribution in [3.05, 3.63) is 77.2 Å². The third-order valence-corrected chi connectivity index (χ3v) is 9.37. The van der Waals surface area contributed by atoms with Crippen molar-refractivity contribution in [2.75, 3.05) is 0 Å². The second-order valence-corrected chi connectivity index (χ2v) is 14.3. The molecule has 0 spiro atoms. The van der Waals surface area contributed by atoms with Gasteiger partial charge in [-0.1, -0.05) is 59.7 Å². The van der Waals surface area contributed by atoms with E-state index in [9.17, 15) is 9.90 Å². The maximum atomic E-state index is 11.2. The summed E-state index contributed by atoms with van der Waals surface area (Å²) in [6, 6.07) is 17.4. The Morgan fingerprint density at radius 3 is 2.14 bits per heavy atom. The fourth-order valence-electron chi connectivity index (χ4n) is 8.33. The number of carbonyl (C=O) groups excluding carboxylic acids is 1. The minimum atomic E-state index is 0. The summed E-state index contributed by atoms with van der Waals surface area (Å²) in [6.07, 6.45) is 13.2. The van der Waals surface area contributed by atoms with Crippen LogP contribution in [0.2, 0.25) is 0 Å². The molecule has 0 saturated heterocycles. The van der Waals surface area contributed by atoms with Gasteiger partial charge in [-0.2, -0.15) is 0 Å². The zero-order valence-electron chi connectivity index (χ0n) is 26.3. The van der Waals surface area contributed by atoms with E-state index in [1.807, 2.05) is 33.9 Å². The van der Waals surface area contributed by atoms with Crippen LogP contribution in [0.3, 0.4) is 0 Å². The fraction of sp³-hybridized carbons (Fsp3) is 0.526. The first kappa shape index (κ1) is 32.6. The SMILES string of the molecule is CC(C)CC(=O)/C=C(\O)CC(C)C.Cc1[c-]c(-c2nccc3cc(C45CC6CC(CC(C6)C4)C5)ccc23)cc(C)c1.[Ir]. The molecule has 4 aliphatic rings. The quantitative estimate of drug-likeness (QED) is 0.149. The van der Waals surface area contributed by atoms with E-state index in [1.54, 1.807) is 5.56 Å². The number of nitrogens with zero attached hydrogens (tertiary/aromatic N) is 1. The van der Waals surface area contributed by atoms with Crippen molar-refractivity contribution in [1.29, 1.82) is 0 Å². The van der Waals surface area contributed by atoms with E-state index in [-0.39, 0.29) is 31.6 Å². The molecule has 3 aromatic rings. The number of pyridine rings is 1. The average molecular weight is 743 g/mol. The van der Waals surface area contributed by atoms with Crippen LogP contribution in [0.1, 0.15) is 95.8 Å². The predicted molar refractivity (Wildman–Crippen MR) is 170 cm³/mol. The van der Waals surface area contributed by atoms with E-state index in [2.05, 4.69) is 56.3 Å². The summed E-state index contributed by atoms with van der Waals surface area (Å²) in [7, 11) is 0. The van der Waals surface area contributed by atoms with Crippen molar-refractivity contribution >= 4 is 16.6 Å². The first-order chi connectivity index (χ1) is 19.5. The van der Waals surface area contributed by atoms with Gasteiger partial charge in [0.15, 0.2) is 5.78 Å². The second kappa shape index (κ2) is 13.6. The monoisotopic (exact) mass is 743 g/mol. The average Bonchev–Trinajstić information content (AvgIpc) is 2.86. The van der Waals surface area contributed by atoms with Gasteiger partial charge < -0.3 is 10.1 Å². The molecule has 7 rings (SSSR count). The van der Waals surface area contributed by atoms with Crippen LogP contribution < -0.4 is 0 Å². The van der Waals surface area contributed by atoms with Crippen LogP contribution in [-0.2, 0) is 30.3 Å². The van der Waals surface area contributed by atoms with Gasteiger partial charge in [-0.3, -0.25) is 4.79 Å². The van der Waals surface area contributed by atoms with E-state index in [0.29, 0.717) is 30.1 Å². The Kier molecular flexibility index (Phi) is 10.5. The molecule has 1 radical (unpaired) electrons. The number of fused-ring (bicyclic) bond motifs is 1. The van der Waals surface area contributed by atoms with Gasteiger partial charge in [-0.25, -0.2) is 0 Å². The summed E-state index contributed by atoms with van der Waals surface area (Å²) in [5, 5.41) is 11.9. The summed E-state index contributed by atoms with van der Waals surface area (Å²) in [6.45, 7) is 12.3. The molecule has 1 aromatic heterocycles. The summed E-state index contributed by atoms with van der Waals surface area (Å²) >= 11 is 0. The maximum absolute atomic E-state index is 11.2.